The van der Waals surface area contributed by atoms with E-state index in [0.29, 0.717) is 13.2 Å². The molecule has 0 N–H and O–H groups in total. The van der Waals surface area contributed by atoms with E-state index in [-0.39, 0.29) is 35.6 Å². The van der Waals surface area contributed by atoms with Crippen LogP contribution in [0.4, 0.5) is 0 Å². The van der Waals surface area contributed by atoms with E-state index < -0.39 is 5.79 Å². The quantitative estimate of drug-likeness (QED) is 0.652. The minimum Gasteiger partial charge on any atom is -0.367 e. The topological polar surface area (TPSA) is 78.7 Å². The smallest absolute Gasteiger partial charge is 0.256 e. The summed E-state index contributed by atoms with van der Waals surface area (Å²) in [5.41, 5.74) is 2.52. The Labute approximate surface area is 172 Å². The number of aromatic nitrogens is 3. The second-order valence-corrected chi connectivity index (χ2v) is 9.59. The summed E-state index contributed by atoms with van der Waals surface area (Å²) in [6.45, 7) is 6.69. The second kappa shape index (κ2) is 6.04. The summed E-state index contributed by atoms with van der Waals surface area (Å²) >= 11 is 1.67. The van der Waals surface area contributed by atoms with E-state index in [4.69, 9.17) is 14.2 Å². The van der Waals surface area contributed by atoms with Crippen molar-refractivity contribution in [2.24, 2.45) is 0 Å². The average Bonchev–Trinajstić information content (AvgIpc) is 3.12. The molecule has 0 saturated carbocycles. The number of rotatable bonds is 0. The lowest BCUT2D eigenvalue weighted by molar-refractivity contribution is -0.162. The van der Waals surface area contributed by atoms with E-state index in [9.17, 15) is 4.79 Å². The Morgan fingerprint density at radius 2 is 1.97 bits per heavy atom. The lowest BCUT2D eigenvalue weighted by Crippen LogP contribution is -2.67. The van der Waals surface area contributed by atoms with E-state index >= 15 is 0 Å². The van der Waals surface area contributed by atoms with Crippen molar-refractivity contribution in [2.75, 3.05) is 0 Å². The number of aryl methyl sites for hydroxylation is 1. The Hall–Kier alpha value is -1.94. The van der Waals surface area contributed by atoms with Gasteiger partial charge in [0, 0.05) is 4.90 Å². The van der Waals surface area contributed by atoms with Gasteiger partial charge in [-0.15, -0.1) is 5.10 Å². The Bertz CT molecular complexity index is 1010. The first-order valence-corrected chi connectivity index (χ1v) is 10.8. The van der Waals surface area contributed by atoms with E-state index in [1.165, 1.54) is 0 Å². The van der Waals surface area contributed by atoms with Crippen molar-refractivity contribution in [2.45, 2.75) is 74.3 Å². The lowest BCUT2D eigenvalue weighted by atomic mass is 9.92. The van der Waals surface area contributed by atoms with Gasteiger partial charge < -0.3 is 19.1 Å². The van der Waals surface area contributed by atoms with Crippen molar-refractivity contribution in [3.8, 4) is 0 Å². The van der Waals surface area contributed by atoms with Gasteiger partial charge in [-0.2, -0.15) is 0 Å². The minimum atomic E-state index is -0.725. The van der Waals surface area contributed by atoms with Crippen LogP contribution in [0.2, 0.25) is 0 Å². The van der Waals surface area contributed by atoms with Crippen LogP contribution in [0.3, 0.4) is 0 Å². The molecule has 152 valence electrons. The third-order valence-electron chi connectivity index (χ3n) is 6.18. The predicted octanol–water partition coefficient (Wildman–Crippen LogP) is 1.96. The van der Waals surface area contributed by atoms with Gasteiger partial charge in [-0.3, -0.25) is 4.79 Å². The summed E-state index contributed by atoms with van der Waals surface area (Å²) in [7, 11) is 0. The molecule has 1 aromatic carbocycles. The summed E-state index contributed by atoms with van der Waals surface area (Å²) in [5, 5.41) is 8.31. The lowest BCUT2D eigenvalue weighted by Gasteiger charge is -2.50. The first-order valence-electron chi connectivity index (χ1n) is 9.87. The van der Waals surface area contributed by atoms with Crippen LogP contribution >= 0.6 is 11.8 Å². The fraction of sp³-hybridized carbons (Fsp3) is 0.550. The van der Waals surface area contributed by atoms with E-state index in [1.807, 2.05) is 54.6 Å². The largest absolute Gasteiger partial charge is 0.367 e. The summed E-state index contributed by atoms with van der Waals surface area (Å²) in [4.78, 5) is 16.5. The Kier molecular flexibility index (Phi) is 3.72. The summed E-state index contributed by atoms with van der Waals surface area (Å²) in [5.74, 6) is -0.716. The van der Waals surface area contributed by atoms with Gasteiger partial charge in [0.05, 0.1) is 36.1 Å². The molecule has 8 nitrogen and oxygen atoms in total. The first kappa shape index (κ1) is 17.9. The number of hydrogen-bond acceptors (Lipinski definition) is 7. The fourth-order valence-electron chi connectivity index (χ4n) is 4.92. The molecule has 29 heavy (non-hydrogen) atoms. The molecule has 4 aliphatic rings. The van der Waals surface area contributed by atoms with E-state index in [2.05, 4.69) is 10.3 Å². The number of benzene rings is 1. The van der Waals surface area contributed by atoms with Gasteiger partial charge in [0.25, 0.3) is 5.91 Å². The highest BCUT2D eigenvalue weighted by Crippen LogP contribution is 2.49. The number of ether oxygens (including phenoxy) is 3. The molecule has 5 atom stereocenters. The molecule has 9 heteroatoms. The molecule has 1 aromatic heterocycles. The van der Waals surface area contributed by atoms with Gasteiger partial charge in [-0.25, -0.2) is 4.68 Å². The zero-order valence-electron chi connectivity index (χ0n) is 16.4. The van der Waals surface area contributed by atoms with E-state index in [0.717, 1.165) is 21.8 Å². The van der Waals surface area contributed by atoms with Crippen LogP contribution in [0.1, 0.15) is 35.6 Å². The van der Waals surface area contributed by atoms with Crippen LogP contribution in [-0.2, 0) is 27.4 Å². The standard InChI is InChI=1S/C20H22N4O4S/c1-10-13-9-26-15-12(8-23(13)22-21-10)24-18(25)11-6-4-5-7-14(11)29-19(24)17-16(15)27-20(2,3)28-17/h4-7,12,15-17,19H,8-9H2,1-3H3/t12-,15+,16-,17-,19+/m0/s1. The van der Waals surface area contributed by atoms with Crippen LogP contribution in [0.25, 0.3) is 0 Å². The molecule has 2 fully saturated rings. The third-order valence-corrected chi connectivity index (χ3v) is 7.53. The van der Waals surface area contributed by atoms with Crippen molar-refractivity contribution in [1.82, 2.24) is 19.9 Å². The van der Waals surface area contributed by atoms with Gasteiger partial charge in [0.1, 0.15) is 23.7 Å². The van der Waals surface area contributed by atoms with Crippen LogP contribution in [0.5, 0.6) is 0 Å². The van der Waals surface area contributed by atoms with Crippen LogP contribution < -0.4 is 0 Å². The van der Waals surface area contributed by atoms with E-state index in [1.54, 1.807) is 11.8 Å². The zero-order valence-corrected chi connectivity index (χ0v) is 17.3. The highest BCUT2D eigenvalue weighted by Gasteiger charge is 2.61. The number of nitrogens with zero attached hydrogens (tertiary/aromatic N) is 4. The van der Waals surface area contributed by atoms with Gasteiger partial charge >= 0.3 is 0 Å². The van der Waals surface area contributed by atoms with Crippen LogP contribution in [0, 0.1) is 6.92 Å². The maximum absolute atomic E-state index is 13.6. The Balaban J connectivity index is 1.48. The van der Waals surface area contributed by atoms with Crippen molar-refractivity contribution < 1.29 is 19.0 Å². The summed E-state index contributed by atoms with van der Waals surface area (Å²) in [6, 6.07) is 7.55. The molecule has 1 amide bonds. The Morgan fingerprint density at radius 1 is 1.17 bits per heavy atom. The average molecular weight is 414 g/mol. The van der Waals surface area contributed by atoms with Gasteiger partial charge in [0.15, 0.2) is 5.79 Å². The molecular weight excluding hydrogens is 392 g/mol. The molecule has 2 aromatic rings. The molecule has 0 spiro atoms. The van der Waals surface area contributed by atoms with Crippen molar-refractivity contribution in [3.05, 3.63) is 41.2 Å². The summed E-state index contributed by atoms with van der Waals surface area (Å²) < 4.78 is 20.8. The number of fused-ring (bicyclic) bond motifs is 8. The van der Waals surface area contributed by atoms with Gasteiger partial charge in [-0.1, -0.05) is 29.1 Å². The van der Waals surface area contributed by atoms with Gasteiger partial charge in [-0.05, 0) is 32.9 Å². The third kappa shape index (κ3) is 2.54. The SMILES string of the molecule is Cc1nnn2c1CO[C@H]1[C@@H]3OC(C)(C)O[C@@H]3[C@H]3Sc4ccccc4C(=O)N3[C@H]1C2. The van der Waals surface area contributed by atoms with Crippen molar-refractivity contribution in [3.63, 3.8) is 0 Å². The predicted molar refractivity (Wildman–Crippen MR) is 103 cm³/mol. The number of thioether (sulfide) groups is 1. The number of piperidine rings is 1. The normalized spacial score (nSPS) is 34.5. The monoisotopic (exact) mass is 414 g/mol. The van der Waals surface area contributed by atoms with Crippen LogP contribution in [0.15, 0.2) is 29.2 Å². The van der Waals surface area contributed by atoms with Crippen molar-refractivity contribution in [1.29, 1.82) is 0 Å². The molecule has 6 rings (SSSR count). The molecule has 0 radical (unpaired) electrons. The highest BCUT2D eigenvalue weighted by atomic mass is 32.2. The number of carbonyl (C=O) groups is 1. The fourth-order valence-corrected chi connectivity index (χ4v) is 6.33. The summed E-state index contributed by atoms with van der Waals surface area (Å²) in [6.07, 6.45) is -0.813. The molecular formula is C20H22N4O4S. The maximum Gasteiger partial charge on any atom is 0.256 e. The minimum absolute atomic E-state index is 0.00925. The molecule has 2 saturated heterocycles. The number of carbonyl (C=O) groups excluding carboxylic acids is 1. The Morgan fingerprint density at radius 3 is 2.83 bits per heavy atom. The van der Waals surface area contributed by atoms with Crippen LogP contribution in [-0.4, -0.2) is 61.3 Å². The molecule has 0 bridgehead atoms. The second-order valence-electron chi connectivity index (χ2n) is 8.43. The highest BCUT2D eigenvalue weighted by molar-refractivity contribution is 8.00. The molecule has 0 aliphatic carbocycles. The molecule has 5 heterocycles. The first-order chi connectivity index (χ1) is 13.9. The number of amides is 1. The number of hydrogen-bond donors (Lipinski definition) is 0. The molecule has 0 unspecified atom stereocenters. The van der Waals surface area contributed by atoms with Gasteiger partial charge in [0.2, 0.25) is 0 Å². The molecule has 4 aliphatic heterocycles. The maximum atomic E-state index is 13.6. The van der Waals surface area contributed by atoms with Crippen molar-refractivity contribution >= 4 is 17.7 Å². The zero-order chi connectivity index (χ0) is 19.9.